The summed E-state index contributed by atoms with van der Waals surface area (Å²) in [5, 5.41) is 3.91. The Bertz CT molecular complexity index is 4740. The topological polar surface area (TPSA) is 42.1 Å². The average Bonchev–Trinajstić information content (AvgIpc) is 1.58. The van der Waals surface area contributed by atoms with E-state index in [0.717, 1.165) is 99.1 Å². The highest BCUT2D eigenvalue weighted by Gasteiger charge is 2.29. The van der Waals surface area contributed by atoms with Crippen molar-refractivity contribution >= 4 is 78.3 Å². The number of fused-ring (bicyclic) bond motifs is 7. The third kappa shape index (κ3) is 10.7. The van der Waals surface area contributed by atoms with Gasteiger partial charge < -0.3 is 18.9 Å². The maximum absolute atomic E-state index is 5.40. The van der Waals surface area contributed by atoms with Gasteiger partial charge in [-0.15, -0.1) is 0 Å². The summed E-state index contributed by atoms with van der Waals surface area (Å²) < 4.78 is 4.96. The van der Waals surface area contributed by atoms with E-state index in [-0.39, 0.29) is 21.7 Å². The molecule has 0 aliphatic heterocycles. The number of nitrogens with zero attached hydrogens (tertiary/aromatic N) is 6. The second-order valence-electron chi connectivity index (χ2n) is 29.0. The van der Waals surface area contributed by atoms with Crippen LogP contribution in [0.2, 0.25) is 0 Å². The van der Waals surface area contributed by atoms with Crippen LogP contribution in [0.3, 0.4) is 0 Å². The van der Waals surface area contributed by atoms with Gasteiger partial charge in [0.1, 0.15) is 0 Å². The van der Waals surface area contributed by atoms with Crippen LogP contribution >= 0.6 is 0 Å². The summed E-state index contributed by atoms with van der Waals surface area (Å²) >= 11 is 0. The first-order valence-electron chi connectivity index (χ1n) is 32.3. The lowest BCUT2D eigenvalue weighted by Crippen LogP contribution is -2.16. The molecule has 3 aromatic heterocycles. The van der Waals surface area contributed by atoms with Crippen molar-refractivity contribution in [1.29, 1.82) is 0 Å². The van der Waals surface area contributed by atoms with Gasteiger partial charge in [-0.3, -0.25) is 0 Å². The first-order valence-corrected chi connectivity index (χ1v) is 32.3. The van der Waals surface area contributed by atoms with Gasteiger partial charge in [-0.1, -0.05) is 180 Å². The highest BCUT2D eigenvalue weighted by molar-refractivity contribution is 6.10. The fourth-order valence-corrected chi connectivity index (χ4v) is 13.5. The molecule has 2 aliphatic rings. The average molecular weight is 1180 g/mol. The fourth-order valence-electron chi connectivity index (χ4n) is 13.5. The molecule has 0 unspecified atom stereocenters. The zero-order chi connectivity index (χ0) is 62.4. The molecule has 448 valence electrons. The normalized spacial score (nSPS) is 13.9. The molecule has 0 radical (unpaired) electrons. The summed E-state index contributed by atoms with van der Waals surface area (Å²) in [6.07, 6.45) is 13.5. The van der Waals surface area contributed by atoms with Crippen LogP contribution in [-0.2, 0) is 22.7 Å². The Balaban J connectivity index is 0.800. The Morgan fingerprint density at radius 1 is 0.378 bits per heavy atom. The van der Waals surface area contributed by atoms with E-state index >= 15 is 0 Å². The zero-order valence-electron chi connectivity index (χ0n) is 54.5. The Morgan fingerprint density at radius 3 is 1.26 bits per heavy atom. The van der Waals surface area contributed by atoms with E-state index in [2.05, 4.69) is 320 Å². The van der Waals surface area contributed by atoms with Crippen LogP contribution in [0.25, 0.3) is 83.7 Å². The van der Waals surface area contributed by atoms with Crippen LogP contribution in [0.5, 0.6) is 0 Å². The minimum atomic E-state index is 0.0323. The number of anilines is 5. The van der Waals surface area contributed by atoms with Crippen molar-refractivity contribution in [1.82, 2.24) is 19.1 Å². The standard InChI is InChI=1S/C84H82N6/c1-81(2,3)57-31-47-75-69(51-57)70-52-58(82(4,5)6)32-48-76(70)89(75)67-43-39-65(40-44-67)87(61-21-15-13-16-22-61)63-35-27-55(28-36-63)79-80(86-74-26-20-19-25-73(74)85-79)56-29-37-64(38-30-56)88(62-23-17-14-18-24-62)66-41-45-68(46-42-66)90-77-49-33-59(83(7,8)9)53-71(77)72-54-60(84(10,11)12)34-50-78(72)90/h13,15-17,19-31,33-47,49-54H,14,18,32,48H2,1-12H3. The summed E-state index contributed by atoms with van der Waals surface area (Å²) in [6, 6.07) is 76.2. The van der Waals surface area contributed by atoms with Crippen LogP contribution < -0.4 is 9.80 Å². The van der Waals surface area contributed by atoms with Crippen molar-refractivity contribution in [3.63, 3.8) is 0 Å². The Hall–Kier alpha value is -9.52. The second-order valence-corrected chi connectivity index (χ2v) is 29.0. The monoisotopic (exact) mass is 1170 g/mol. The molecular weight excluding hydrogens is 1090 g/mol. The van der Waals surface area contributed by atoms with Gasteiger partial charge in [-0.25, -0.2) is 9.97 Å². The first kappa shape index (κ1) is 58.2. The van der Waals surface area contributed by atoms with E-state index in [4.69, 9.17) is 9.97 Å². The highest BCUT2D eigenvalue weighted by atomic mass is 15.2. The van der Waals surface area contributed by atoms with Crippen LogP contribution in [-0.4, -0.2) is 19.1 Å². The van der Waals surface area contributed by atoms with Gasteiger partial charge in [-0.05, 0) is 204 Å². The van der Waals surface area contributed by atoms with Crippen LogP contribution in [0.1, 0.15) is 130 Å². The molecule has 0 amide bonds. The van der Waals surface area contributed by atoms with Crippen molar-refractivity contribution in [2.75, 3.05) is 9.80 Å². The molecule has 6 heteroatoms. The third-order valence-corrected chi connectivity index (χ3v) is 18.7. The van der Waals surface area contributed by atoms with E-state index in [0.29, 0.717) is 0 Å². The number of hydrogen-bond donors (Lipinski definition) is 0. The molecule has 3 heterocycles. The Morgan fingerprint density at radius 2 is 0.800 bits per heavy atom. The van der Waals surface area contributed by atoms with E-state index in [1.165, 1.54) is 71.9 Å². The quantitative estimate of drug-likeness (QED) is 0.137. The van der Waals surface area contributed by atoms with Gasteiger partial charge in [0.05, 0.1) is 39.0 Å². The highest BCUT2D eigenvalue weighted by Crippen LogP contribution is 2.45. The number of allylic oxidation sites excluding steroid dienone is 4. The van der Waals surface area contributed by atoms with Gasteiger partial charge >= 0.3 is 0 Å². The predicted octanol–water partition coefficient (Wildman–Crippen LogP) is 23.1. The molecule has 2 aliphatic carbocycles. The molecule has 6 nitrogen and oxygen atoms in total. The van der Waals surface area contributed by atoms with E-state index in [1.54, 1.807) is 0 Å². The zero-order valence-corrected chi connectivity index (χ0v) is 54.5. The minimum absolute atomic E-state index is 0.0323. The summed E-state index contributed by atoms with van der Waals surface area (Å²) in [7, 11) is 0. The molecule has 12 aromatic rings. The summed E-state index contributed by atoms with van der Waals surface area (Å²) in [4.78, 5) is 15.5. The molecule has 90 heavy (non-hydrogen) atoms. The summed E-state index contributed by atoms with van der Waals surface area (Å²) in [5.41, 5.74) is 26.4. The number of benzene rings is 9. The molecule has 9 aromatic carbocycles. The summed E-state index contributed by atoms with van der Waals surface area (Å²) in [5.74, 6) is 0. The lowest BCUT2D eigenvalue weighted by molar-refractivity contribution is 0.483. The molecule has 0 bridgehead atoms. The number of para-hydroxylation sites is 3. The first-order chi connectivity index (χ1) is 43.1. The smallest absolute Gasteiger partial charge is 0.0973 e. The predicted molar refractivity (Wildman–Crippen MR) is 383 cm³/mol. The van der Waals surface area contributed by atoms with Gasteiger partial charge in [0.2, 0.25) is 0 Å². The molecule has 0 fully saturated rings. The van der Waals surface area contributed by atoms with Crippen molar-refractivity contribution in [2.24, 2.45) is 5.41 Å². The summed E-state index contributed by atoms with van der Waals surface area (Å²) in [6.45, 7) is 27.8. The van der Waals surface area contributed by atoms with Gasteiger partial charge in [0, 0.05) is 84.1 Å². The second kappa shape index (κ2) is 22.2. The number of hydrogen-bond acceptors (Lipinski definition) is 4. The molecule has 0 saturated carbocycles. The van der Waals surface area contributed by atoms with E-state index in [9.17, 15) is 0 Å². The molecule has 0 N–H and O–H groups in total. The van der Waals surface area contributed by atoms with Crippen molar-refractivity contribution in [2.45, 2.75) is 125 Å². The van der Waals surface area contributed by atoms with Gasteiger partial charge in [0.15, 0.2) is 0 Å². The van der Waals surface area contributed by atoms with Crippen molar-refractivity contribution in [3.8, 4) is 33.9 Å². The van der Waals surface area contributed by atoms with E-state index in [1.807, 2.05) is 12.1 Å². The fraction of sp³-hybridized carbons (Fsp3) is 0.238. The third-order valence-electron chi connectivity index (χ3n) is 18.7. The number of aromatic nitrogens is 4. The van der Waals surface area contributed by atoms with Gasteiger partial charge in [0.25, 0.3) is 0 Å². The largest absolute Gasteiger partial charge is 0.313 e. The molecule has 0 spiro atoms. The lowest BCUT2D eigenvalue weighted by Gasteiger charge is -2.28. The Kier molecular flexibility index (Phi) is 14.4. The maximum atomic E-state index is 5.40. The van der Waals surface area contributed by atoms with Crippen LogP contribution in [0.4, 0.5) is 28.4 Å². The molecule has 0 saturated heterocycles. The molecule has 14 rings (SSSR count). The van der Waals surface area contributed by atoms with Crippen LogP contribution in [0.15, 0.2) is 236 Å². The Labute approximate surface area is 532 Å². The van der Waals surface area contributed by atoms with Crippen molar-refractivity contribution < 1.29 is 0 Å². The van der Waals surface area contributed by atoms with Crippen LogP contribution in [0, 0.1) is 5.41 Å². The SMILES string of the molecule is CC(C)(C)C1=Cc2c(n(-c3ccc(N(c4ccccc4)c4ccc(-c5nc6ccccc6nc5-c5ccc(N(C6=CCCC=C6)c6ccc(-n7c8ccc(C(C)(C)C)cc8c8cc(C(C)(C)C)ccc87)cc6)cc5)cc4)cc3)c3ccc(C(C)(C)C)cc23)CC1. The van der Waals surface area contributed by atoms with Gasteiger partial charge in [-0.2, -0.15) is 0 Å². The van der Waals surface area contributed by atoms with Crippen molar-refractivity contribution in [3.05, 3.63) is 264 Å². The molecular formula is C84H82N6. The lowest BCUT2D eigenvalue weighted by atomic mass is 9.79. The minimum Gasteiger partial charge on any atom is -0.313 e. The molecule has 0 atom stereocenters. The number of rotatable bonds is 10. The maximum Gasteiger partial charge on any atom is 0.0973 e. The van der Waals surface area contributed by atoms with E-state index < -0.39 is 0 Å².